The molecule has 0 aliphatic carbocycles. The van der Waals surface area contributed by atoms with Crippen LogP contribution in [0, 0.1) is 6.92 Å². The molecule has 1 aliphatic heterocycles. The quantitative estimate of drug-likeness (QED) is 0.723. The maximum atomic E-state index is 12.5. The van der Waals surface area contributed by atoms with Crippen molar-refractivity contribution in [3.8, 4) is 10.8 Å². The van der Waals surface area contributed by atoms with Gasteiger partial charge in [-0.15, -0.1) is 11.3 Å². The first-order valence-electron chi connectivity index (χ1n) is 9.25. The van der Waals surface area contributed by atoms with Gasteiger partial charge in [0.2, 0.25) is 0 Å². The fraction of sp³-hybridized carbons (Fsp3) is 0.333. The maximum absolute atomic E-state index is 12.5. The molecule has 1 saturated heterocycles. The molecule has 0 spiro atoms. The smallest absolute Gasteiger partial charge is 0.270 e. The Bertz CT molecular complexity index is 896. The van der Waals surface area contributed by atoms with E-state index in [1.165, 1.54) is 22.5 Å². The predicted molar refractivity (Wildman–Crippen MR) is 107 cm³/mol. The molecule has 0 bridgehead atoms. The van der Waals surface area contributed by atoms with Crippen molar-refractivity contribution in [1.29, 1.82) is 0 Å². The number of thiazole rings is 1. The molecular formula is C21H23N3O2S. The summed E-state index contributed by atoms with van der Waals surface area (Å²) in [5.74, 6) is 0.602. The van der Waals surface area contributed by atoms with E-state index in [1.807, 2.05) is 12.1 Å². The van der Waals surface area contributed by atoms with Crippen molar-refractivity contribution in [3.05, 3.63) is 64.9 Å². The number of nitrogens with one attached hydrogen (secondary N) is 1. The lowest BCUT2D eigenvalue weighted by molar-refractivity contribution is 0.0904. The van der Waals surface area contributed by atoms with E-state index in [1.54, 1.807) is 11.6 Å². The van der Waals surface area contributed by atoms with Gasteiger partial charge < -0.3 is 9.73 Å². The fourth-order valence-electron chi connectivity index (χ4n) is 3.45. The molecule has 140 valence electrons. The number of rotatable bonds is 5. The molecule has 1 aromatic carbocycles. The number of hydrogen-bond acceptors (Lipinski definition) is 5. The highest BCUT2D eigenvalue weighted by molar-refractivity contribution is 7.13. The van der Waals surface area contributed by atoms with Gasteiger partial charge in [0.15, 0.2) is 10.8 Å². The zero-order valence-corrected chi connectivity index (χ0v) is 16.2. The number of aromatic nitrogens is 1. The monoisotopic (exact) mass is 381 g/mol. The van der Waals surface area contributed by atoms with E-state index in [0.29, 0.717) is 11.5 Å². The van der Waals surface area contributed by atoms with Crippen LogP contribution in [-0.4, -0.2) is 34.9 Å². The van der Waals surface area contributed by atoms with Crippen LogP contribution in [0.15, 0.2) is 52.5 Å². The molecule has 4 rings (SSSR count). The van der Waals surface area contributed by atoms with Crippen LogP contribution in [0.2, 0.25) is 0 Å². The molecule has 1 fully saturated rings. The van der Waals surface area contributed by atoms with Crippen LogP contribution in [-0.2, 0) is 6.54 Å². The maximum Gasteiger partial charge on any atom is 0.270 e. The molecule has 0 radical (unpaired) electrons. The van der Waals surface area contributed by atoms with Gasteiger partial charge in [0, 0.05) is 31.1 Å². The highest BCUT2D eigenvalue weighted by Crippen LogP contribution is 2.24. The summed E-state index contributed by atoms with van der Waals surface area (Å²) in [6, 6.07) is 12.5. The van der Waals surface area contributed by atoms with Crippen molar-refractivity contribution >= 4 is 17.2 Å². The molecule has 2 aromatic heterocycles. The molecule has 27 heavy (non-hydrogen) atoms. The molecule has 1 N–H and O–H groups in total. The first-order valence-corrected chi connectivity index (χ1v) is 10.1. The Labute approximate surface area is 163 Å². The van der Waals surface area contributed by atoms with Crippen molar-refractivity contribution in [1.82, 2.24) is 15.2 Å². The van der Waals surface area contributed by atoms with Crippen molar-refractivity contribution in [3.63, 3.8) is 0 Å². The number of likely N-dealkylation sites (tertiary alicyclic amines) is 1. The van der Waals surface area contributed by atoms with Crippen molar-refractivity contribution in [2.24, 2.45) is 0 Å². The van der Waals surface area contributed by atoms with E-state index in [-0.39, 0.29) is 11.9 Å². The lowest BCUT2D eigenvalue weighted by atomic mass is 10.0. The zero-order valence-electron chi connectivity index (χ0n) is 15.4. The predicted octanol–water partition coefficient (Wildman–Crippen LogP) is 4.11. The second-order valence-corrected chi connectivity index (χ2v) is 7.89. The Morgan fingerprint density at radius 1 is 1.30 bits per heavy atom. The van der Waals surface area contributed by atoms with Gasteiger partial charge in [0.05, 0.1) is 6.26 Å². The average Bonchev–Trinajstić information content (AvgIpc) is 3.35. The zero-order chi connectivity index (χ0) is 18.6. The number of amides is 1. The largest absolute Gasteiger partial charge is 0.462 e. The van der Waals surface area contributed by atoms with Crippen LogP contribution in [0.5, 0.6) is 0 Å². The third-order valence-corrected chi connectivity index (χ3v) is 5.74. The number of furan rings is 1. The Morgan fingerprint density at radius 3 is 2.89 bits per heavy atom. The fourth-order valence-corrected chi connectivity index (χ4v) is 4.22. The second-order valence-electron chi connectivity index (χ2n) is 7.03. The van der Waals surface area contributed by atoms with Crippen LogP contribution >= 0.6 is 11.3 Å². The molecule has 5 nitrogen and oxygen atoms in total. The normalized spacial score (nSPS) is 15.7. The lowest BCUT2D eigenvalue weighted by Crippen LogP contribution is -2.44. The molecule has 0 atom stereocenters. The van der Waals surface area contributed by atoms with Gasteiger partial charge >= 0.3 is 0 Å². The van der Waals surface area contributed by atoms with Crippen molar-refractivity contribution in [2.45, 2.75) is 32.4 Å². The van der Waals surface area contributed by atoms with Gasteiger partial charge in [-0.05, 0) is 37.5 Å². The van der Waals surface area contributed by atoms with Crippen LogP contribution in [0.25, 0.3) is 10.8 Å². The summed E-state index contributed by atoms with van der Waals surface area (Å²) < 4.78 is 5.34. The number of nitrogens with zero attached hydrogens (tertiary/aromatic N) is 2. The molecule has 0 saturated carbocycles. The standard InChI is InChI=1S/C21H23N3O2S/c1-15-4-2-5-16(12-15)13-24-9-7-17(8-10-24)22-20(25)18-14-27-21(23-18)19-6-3-11-26-19/h2-6,11-12,14,17H,7-10,13H2,1H3,(H,22,25). The van der Waals surface area contributed by atoms with E-state index in [0.717, 1.165) is 37.5 Å². The summed E-state index contributed by atoms with van der Waals surface area (Å²) in [4.78, 5) is 19.3. The second kappa shape index (κ2) is 8.06. The molecule has 1 aliphatic rings. The van der Waals surface area contributed by atoms with Crippen LogP contribution < -0.4 is 5.32 Å². The third kappa shape index (κ3) is 4.46. The highest BCUT2D eigenvalue weighted by atomic mass is 32.1. The van der Waals surface area contributed by atoms with Gasteiger partial charge in [-0.2, -0.15) is 0 Å². The van der Waals surface area contributed by atoms with Gasteiger partial charge in [-0.25, -0.2) is 4.98 Å². The van der Waals surface area contributed by atoms with Crippen molar-refractivity contribution in [2.75, 3.05) is 13.1 Å². The van der Waals surface area contributed by atoms with Gasteiger partial charge in [0.25, 0.3) is 5.91 Å². The van der Waals surface area contributed by atoms with Gasteiger partial charge in [-0.3, -0.25) is 9.69 Å². The SMILES string of the molecule is Cc1cccc(CN2CCC(NC(=O)c3csc(-c4ccco4)n3)CC2)c1. The molecular weight excluding hydrogens is 358 g/mol. The van der Waals surface area contributed by atoms with Crippen LogP contribution in [0.3, 0.4) is 0 Å². The first-order chi connectivity index (χ1) is 13.2. The first kappa shape index (κ1) is 17.9. The summed E-state index contributed by atoms with van der Waals surface area (Å²) in [6.45, 7) is 5.09. The topological polar surface area (TPSA) is 58.4 Å². The Kier molecular flexibility index (Phi) is 5.36. The average molecular weight is 382 g/mol. The highest BCUT2D eigenvalue weighted by Gasteiger charge is 2.22. The minimum atomic E-state index is -0.0961. The Balaban J connectivity index is 1.28. The number of carbonyl (C=O) groups excluding carboxylic acids is 1. The molecule has 1 amide bonds. The molecule has 0 unspecified atom stereocenters. The van der Waals surface area contributed by atoms with Crippen LogP contribution in [0.4, 0.5) is 0 Å². The van der Waals surface area contributed by atoms with Crippen LogP contribution in [0.1, 0.15) is 34.5 Å². The summed E-state index contributed by atoms with van der Waals surface area (Å²) >= 11 is 1.43. The minimum Gasteiger partial charge on any atom is -0.462 e. The molecule has 6 heteroatoms. The molecule has 3 aromatic rings. The Hall–Kier alpha value is -2.44. The minimum absolute atomic E-state index is 0.0961. The van der Waals surface area contributed by atoms with E-state index in [9.17, 15) is 4.79 Å². The number of hydrogen-bond donors (Lipinski definition) is 1. The van der Waals surface area contributed by atoms with E-state index in [2.05, 4.69) is 46.4 Å². The van der Waals surface area contributed by atoms with Crippen molar-refractivity contribution < 1.29 is 9.21 Å². The summed E-state index contributed by atoms with van der Waals surface area (Å²) in [5, 5.41) is 5.66. The number of benzene rings is 1. The van der Waals surface area contributed by atoms with E-state index in [4.69, 9.17) is 4.42 Å². The van der Waals surface area contributed by atoms with E-state index >= 15 is 0 Å². The molecule has 3 heterocycles. The summed E-state index contributed by atoms with van der Waals surface area (Å²) in [6.07, 6.45) is 3.54. The summed E-state index contributed by atoms with van der Waals surface area (Å²) in [5.41, 5.74) is 3.12. The lowest BCUT2D eigenvalue weighted by Gasteiger charge is -2.32. The summed E-state index contributed by atoms with van der Waals surface area (Å²) in [7, 11) is 0. The van der Waals surface area contributed by atoms with E-state index < -0.39 is 0 Å². The third-order valence-electron chi connectivity index (χ3n) is 4.88. The van der Waals surface area contributed by atoms with Gasteiger partial charge in [0.1, 0.15) is 5.69 Å². The Morgan fingerprint density at radius 2 is 2.15 bits per heavy atom. The van der Waals surface area contributed by atoms with Gasteiger partial charge in [-0.1, -0.05) is 29.8 Å². The number of carbonyl (C=O) groups is 1. The number of piperidine rings is 1. The number of aryl methyl sites for hydroxylation is 1.